The van der Waals surface area contributed by atoms with Crippen LogP contribution in [0.1, 0.15) is 21.5 Å². The third kappa shape index (κ3) is 1.05. The molecule has 0 radical (unpaired) electrons. The van der Waals surface area contributed by atoms with E-state index in [-0.39, 0.29) is 5.91 Å². The molecule has 1 aliphatic rings. The molecule has 1 amide bonds. The highest BCUT2D eigenvalue weighted by Crippen LogP contribution is 2.26. The monoisotopic (exact) mass is 225 g/mol. The minimum atomic E-state index is 0.0365. The fourth-order valence-corrected chi connectivity index (χ4v) is 2.13. The number of carbonyl (C=O) groups is 1. The van der Waals surface area contributed by atoms with Crippen molar-refractivity contribution in [2.75, 3.05) is 0 Å². The quantitative estimate of drug-likeness (QED) is 0.720. The van der Waals surface area contributed by atoms with Crippen molar-refractivity contribution in [2.24, 2.45) is 0 Å². The third-order valence-corrected chi connectivity index (χ3v) is 2.72. The lowest BCUT2D eigenvalue weighted by molar-refractivity contribution is 0.0965. The fourth-order valence-electron chi connectivity index (χ4n) is 1.42. The first-order valence-corrected chi connectivity index (χ1v) is 4.55. The second-order valence-electron chi connectivity index (χ2n) is 2.96. The first kappa shape index (κ1) is 7.80. The van der Waals surface area contributed by atoms with Gasteiger partial charge in [0.25, 0.3) is 5.91 Å². The Kier molecular flexibility index (Phi) is 1.68. The molecule has 3 heteroatoms. The molecule has 0 aliphatic carbocycles. The maximum atomic E-state index is 11.2. The normalized spacial score (nSPS) is 14.3. The standard InChI is InChI=1S/C9H8BrNO/c1-5-2-6-7(8(10)3-5)4-11-9(6)12/h2-3H,4H2,1H3,(H,11,12). The van der Waals surface area contributed by atoms with Crippen molar-refractivity contribution in [1.82, 2.24) is 5.32 Å². The van der Waals surface area contributed by atoms with Gasteiger partial charge in [-0.1, -0.05) is 15.9 Å². The molecule has 0 bridgehead atoms. The summed E-state index contributed by atoms with van der Waals surface area (Å²) in [6.07, 6.45) is 0. The summed E-state index contributed by atoms with van der Waals surface area (Å²) in [6, 6.07) is 3.95. The minimum Gasteiger partial charge on any atom is -0.348 e. The molecule has 0 unspecified atom stereocenters. The maximum Gasteiger partial charge on any atom is 0.251 e. The van der Waals surface area contributed by atoms with Crippen molar-refractivity contribution >= 4 is 21.8 Å². The minimum absolute atomic E-state index is 0.0365. The summed E-state index contributed by atoms with van der Waals surface area (Å²) in [5.74, 6) is 0.0365. The number of hydrogen-bond acceptors (Lipinski definition) is 1. The lowest BCUT2D eigenvalue weighted by atomic mass is 10.1. The topological polar surface area (TPSA) is 29.1 Å². The van der Waals surface area contributed by atoms with Crippen molar-refractivity contribution in [2.45, 2.75) is 13.5 Å². The Bertz CT molecular complexity index is 360. The number of halogens is 1. The number of carbonyl (C=O) groups excluding carboxylic acids is 1. The smallest absolute Gasteiger partial charge is 0.251 e. The number of rotatable bonds is 0. The zero-order valence-electron chi connectivity index (χ0n) is 6.65. The summed E-state index contributed by atoms with van der Waals surface area (Å²) < 4.78 is 1.02. The molecule has 0 saturated heterocycles. The summed E-state index contributed by atoms with van der Waals surface area (Å²) in [4.78, 5) is 11.2. The van der Waals surface area contributed by atoms with Crippen LogP contribution in [0.25, 0.3) is 0 Å². The highest BCUT2D eigenvalue weighted by atomic mass is 79.9. The summed E-state index contributed by atoms with van der Waals surface area (Å²) in [6.45, 7) is 2.63. The molecule has 2 rings (SSSR count). The summed E-state index contributed by atoms with van der Waals surface area (Å²) in [5.41, 5.74) is 2.99. The molecule has 0 spiro atoms. The first-order chi connectivity index (χ1) is 5.68. The first-order valence-electron chi connectivity index (χ1n) is 3.75. The van der Waals surface area contributed by atoms with Crippen molar-refractivity contribution in [3.8, 4) is 0 Å². The summed E-state index contributed by atoms with van der Waals surface area (Å²) in [7, 11) is 0. The molecule has 62 valence electrons. The van der Waals surface area contributed by atoms with Crippen LogP contribution in [0, 0.1) is 6.92 Å². The van der Waals surface area contributed by atoms with Crippen LogP contribution in [0.15, 0.2) is 16.6 Å². The van der Waals surface area contributed by atoms with Crippen molar-refractivity contribution < 1.29 is 4.79 Å². The largest absolute Gasteiger partial charge is 0.348 e. The molecule has 0 saturated carbocycles. The number of amides is 1. The lowest BCUT2D eigenvalue weighted by Gasteiger charge is -2.00. The predicted molar refractivity (Wildman–Crippen MR) is 50.0 cm³/mol. The molecule has 0 aromatic heterocycles. The molecule has 1 heterocycles. The molecule has 2 nitrogen and oxygen atoms in total. The maximum absolute atomic E-state index is 11.2. The number of nitrogens with one attached hydrogen (secondary N) is 1. The van der Waals surface area contributed by atoms with Gasteiger partial charge in [-0.25, -0.2) is 0 Å². The van der Waals surface area contributed by atoms with E-state index in [1.54, 1.807) is 0 Å². The van der Waals surface area contributed by atoms with Gasteiger partial charge >= 0.3 is 0 Å². The van der Waals surface area contributed by atoms with E-state index in [9.17, 15) is 4.79 Å². The van der Waals surface area contributed by atoms with Gasteiger partial charge in [-0.3, -0.25) is 4.79 Å². The van der Waals surface area contributed by atoms with Gasteiger partial charge in [-0.2, -0.15) is 0 Å². The van der Waals surface area contributed by atoms with Crippen molar-refractivity contribution in [3.63, 3.8) is 0 Å². The van der Waals surface area contributed by atoms with E-state index < -0.39 is 0 Å². The van der Waals surface area contributed by atoms with E-state index in [4.69, 9.17) is 0 Å². The van der Waals surface area contributed by atoms with Gasteiger partial charge in [-0.05, 0) is 30.2 Å². The Hall–Kier alpha value is -0.830. The molecule has 1 aromatic rings. The zero-order valence-corrected chi connectivity index (χ0v) is 8.23. The van der Waals surface area contributed by atoms with Crippen molar-refractivity contribution in [3.05, 3.63) is 33.3 Å². The van der Waals surface area contributed by atoms with Crippen LogP contribution in [-0.2, 0) is 6.54 Å². The summed E-state index contributed by atoms with van der Waals surface area (Å²) >= 11 is 3.43. The van der Waals surface area contributed by atoms with Gasteiger partial charge in [0, 0.05) is 16.6 Å². The lowest BCUT2D eigenvalue weighted by Crippen LogP contribution is -2.12. The van der Waals surface area contributed by atoms with Gasteiger partial charge in [0.2, 0.25) is 0 Å². The Morgan fingerprint density at radius 2 is 2.25 bits per heavy atom. The number of fused-ring (bicyclic) bond motifs is 1. The van der Waals surface area contributed by atoms with E-state index in [2.05, 4.69) is 21.2 Å². The molecular weight excluding hydrogens is 218 g/mol. The van der Waals surface area contributed by atoms with Crippen molar-refractivity contribution in [1.29, 1.82) is 0 Å². The van der Waals surface area contributed by atoms with Crippen LogP contribution in [0.4, 0.5) is 0 Å². The predicted octanol–water partition coefficient (Wildman–Crippen LogP) is 2.00. The second kappa shape index (κ2) is 2.59. The van der Waals surface area contributed by atoms with Crippen LogP contribution >= 0.6 is 15.9 Å². The molecule has 0 fully saturated rings. The summed E-state index contributed by atoms with van der Waals surface area (Å²) in [5, 5.41) is 2.78. The van der Waals surface area contributed by atoms with E-state index in [0.29, 0.717) is 6.54 Å². The van der Waals surface area contributed by atoms with E-state index >= 15 is 0 Å². The van der Waals surface area contributed by atoms with Crippen LogP contribution in [0.3, 0.4) is 0 Å². The molecule has 0 atom stereocenters. The van der Waals surface area contributed by atoms with Crippen LogP contribution in [-0.4, -0.2) is 5.91 Å². The SMILES string of the molecule is Cc1cc(Br)c2c(c1)C(=O)NC2. The molecule has 1 aliphatic heterocycles. The zero-order chi connectivity index (χ0) is 8.72. The van der Waals surface area contributed by atoms with Crippen LogP contribution in [0.5, 0.6) is 0 Å². The Labute approximate surface area is 79.1 Å². The number of hydrogen-bond donors (Lipinski definition) is 1. The van der Waals surface area contributed by atoms with Gasteiger partial charge in [0.15, 0.2) is 0 Å². The molecular formula is C9H8BrNO. The fraction of sp³-hybridized carbons (Fsp3) is 0.222. The Morgan fingerprint density at radius 3 is 3.00 bits per heavy atom. The highest BCUT2D eigenvalue weighted by Gasteiger charge is 2.20. The molecule has 12 heavy (non-hydrogen) atoms. The Balaban J connectivity index is 2.68. The van der Waals surface area contributed by atoms with E-state index in [0.717, 1.165) is 21.2 Å². The van der Waals surface area contributed by atoms with Crippen LogP contribution in [0.2, 0.25) is 0 Å². The van der Waals surface area contributed by atoms with Gasteiger partial charge < -0.3 is 5.32 Å². The van der Waals surface area contributed by atoms with Gasteiger partial charge in [0.1, 0.15) is 0 Å². The highest BCUT2D eigenvalue weighted by molar-refractivity contribution is 9.10. The number of benzene rings is 1. The molecule has 1 N–H and O–H groups in total. The second-order valence-corrected chi connectivity index (χ2v) is 3.81. The average Bonchev–Trinajstić information content (AvgIpc) is 2.33. The van der Waals surface area contributed by atoms with Crippen LogP contribution < -0.4 is 5.32 Å². The average molecular weight is 226 g/mol. The van der Waals surface area contributed by atoms with Gasteiger partial charge in [-0.15, -0.1) is 0 Å². The number of aryl methyl sites for hydroxylation is 1. The van der Waals surface area contributed by atoms with E-state index in [1.165, 1.54) is 0 Å². The molecule has 1 aromatic carbocycles. The van der Waals surface area contributed by atoms with E-state index in [1.807, 2.05) is 19.1 Å². The Morgan fingerprint density at radius 1 is 1.50 bits per heavy atom. The third-order valence-electron chi connectivity index (χ3n) is 2.01. The van der Waals surface area contributed by atoms with Gasteiger partial charge in [0.05, 0.1) is 0 Å².